The smallest absolute Gasteiger partial charge is 0.315 e. The number of terminal acetylenes is 1. The molecule has 1 aromatic rings. The summed E-state index contributed by atoms with van der Waals surface area (Å²) < 4.78 is 0. The Kier molecular flexibility index (Phi) is 12.2. The Balaban J connectivity index is 1.50. The van der Waals surface area contributed by atoms with E-state index in [2.05, 4.69) is 53.2 Å². The zero-order chi connectivity index (χ0) is 36.0. The molecule has 0 spiro atoms. The molecule has 5 amide bonds. The maximum absolute atomic E-state index is 14.5. The first-order chi connectivity index (χ1) is 23.1. The molecule has 1 aliphatic heterocycles. The first-order valence-electron chi connectivity index (χ1n) is 18.1. The van der Waals surface area contributed by atoms with Crippen LogP contribution in [0.2, 0.25) is 0 Å². The van der Waals surface area contributed by atoms with Crippen molar-refractivity contribution in [1.82, 2.24) is 26.2 Å². The van der Waals surface area contributed by atoms with Crippen molar-refractivity contribution in [2.45, 2.75) is 129 Å². The van der Waals surface area contributed by atoms with E-state index in [0.29, 0.717) is 13.0 Å². The zero-order valence-electron chi connectivity index (χ0n) is 30.3. The van der Waals surface area contributed by atoms with Crippen LogP contribution in [0, 0.1) is 35.0 Å². The van der Waals surface area contributed by atoms with Gasteiger partial charge in [-0.3, -0.25) is 19.2 Å². The molecule has 0 aromatic heterocycles. The van der Waals surface area contributed by atoms with Gasteiger partial charge in [0.1, 0.15) is 12.1 Å². The van der Waals surface area contributed by atoms with Gasteiger partial charge in [-0.15, -0.1) is 12.3 Å². The largest absolute Gasteiger partial charge is 0.348 e. The van der Waals surface area contributed by atoms with Gasteiger partial charge < -0.3 is 26.2 Å². The molecule has 3 fully saturated rings. The third kappa shape index (κ3) is 9.03. The minimum absolute atomic E-state index is 0.101. The van der Waals surface area contributed by atoms with Gasteiger partial charge in [0.2, 0.25) is 17.6 Å². The highest BCUT2D eigenvalue weighted by atomic mass is 16.2. The van der Waals surface area contributed by atoms with Crippen LogP contribution in [0.25, 0.3) is 0 Å². The van der Waals surface area contributed by atoms with Crippen molar-refractivity contribution in [2.75, 3.05) is 13.1 Å². The molecule has 268 valence electrons. The summed E-state index contributed by atoms with van der Waals surface area (Å²) in [7, 11) is 0. The van der Waals surface area contributed by atoms with Crippen LogP contribution in [-0.4, -0.2) is 71.2 Å². The lowest BCUT2D eigenvalue weighted by atomic mass is 9.78. The second-order valence-corrected chi connectivity index (χ2v) is 16.0. The second-order valence-electron chi connectivity index (χ2n) is 16.0. The van der Waals surface area contributed by atoms with E-state index in [9.17, 15) is 24.0 Å². The molecular formula is C39H57N5O5. The van der Waals surface area contributed by atoms with Gasteiger partial charge in [-0.05, 0) is 60.3 Å². The first-order valence-corrected chi connectivity index (χ1v) is 18.1. The number of urea groups is 1. The lowest BCUT2D eigenvalue weighted by molar-refractivity contribution is -0.145. The summed E-state index contributed by atoms with van der Waals surface area (Å²) in [5, 5.41) is 11.7. The molecule has 10 nitrogen and oxygen atoms in total. The molecule has 0 bridgehead atoms. The van der Waals surface area contributed by atoms with E-state index in [0.717, 1.165) is 44.9 Å². The fourth-order valence-electron chi connectivity index (χ4n) is 8.04. The molecule has 3 aliphatic rings. The molecule has 5 atom stereocenters. The van der Waals surface area contributed by atoms with Crippen LogP contribution >= 0.6 is 0 Å². The highest BCUT2D eigenvalue weighted by molar-refractivity contribution is 6.38. The number of aryl methyl sites for hydroxylation is 1. The lowest BCUT2D eigenvalue weighted by Crippen LogP contribution is -2.63. The second kappa shape index (κ2) is 15.8. The van der Waals surface area contributed by atoms with Crippen LogP contribution in [0.15, 0.2) is 30.3 Å². The van der Waals surface area contributed by atoms with E-state index in [-0.39, 0.29) is 54.1 Å². The number of ketones is 1. The van der Waals surface area contributed by atoms with Crippen molar-refractivity contribution < 1.29 is 24.0 Å². The molecule has 10 heteroatoms. The number of amides is 5. The number of piperidine rings is 1. The van der Waals surface area contributed by atoms with Gasteiger partial charge in [-0.1, -0.05) is 97.6 Å². The van der Waals surface area contributed by atoms with Crippen molar-refractivity contribution in [1.29, 1.82) is 0 Å². The lowest BCUT2D eigenvalue weighted by Gasteiger charge is -2.41. The van der Waals surface area contributed by atoms with Crippen LogP contribution in [0.4, 0.5) is 4.79 Å². The number of fused-ring (bicyclic) bond motifs is 1. The number of likely N-dealkylation sites (tertiary alicyclic amines) is 1. The minimum atomic E-state index is -1.02. The van der Waals surface area contributed by atoms with Crippen molar-refractivity contribution in [2.24, 2.45) is 22.7 Å². The average molecular weight is 676 g/mol. The van der Waals surface area contributed by atoms with Crippen LogP contribution < -0.4 is 21.3 Å². The fraction of sp³-hybridized carbons (Fsp3) is 0.667. The number of nitrogens with one attached hydrogen (secondary N) is 4. The molecule has 2 saturated carbocycles. The molecule has 2 aliphatic carbocycles. The van der Waals surface area contributed by atoms with E-state index in [1.807, 2.05) is 45.9 Å². The summed E-state index contributed by atoms with van der Waals surface area (Å²) in [6.07, 6.45) is 13.0. The molecule has 49 heavy (non-hydrogen) atoms. The monoisotopic (exact) mass is 675 g/mol. The highest BCUT2D eigenvalue weighted by Crippen LogP contribution is 2.65. The number of benzene rings is 1. The van der Waals surface area contributed by atoms with Crippen LogP contribution in [0.1, 0.15) is 105 Å². The molecule has 4 rings (SSSR count). The van der Waals surface area contributed by atoms with Gasteiger partial charge in [0.05, 0.1) is 6.04 Å². The maximum Gasteiger partial charge on any atom is 0.315 e. The fourth-order valence-corrected chi connectivity index (χ4v) is 8.04. The molecule has 2 unspecified atom stereocenters. The van der Waals surface area contributed by atoms with Gasteiger partial charge >= 0.3 is 6.03 Å². The topological polar surface area (TPSA) is 137 Å². The summed E-state index contributed by atoms with van der Waals surface area (Å²) in [6, 6.07) is 7.15. The predicted octanol–water partition coefficient (Wildman–Crippen LogP) is 4.51. The predicted molar refractivity (Wildman–Crippen MR) is 190 cm³/mol. The molecular weight excluding hydrogens is 618 g/mol. The Morgan fingerprint density at radius 2 is 1.69 bits per heavy atom. The van der Waals surface area contributed by atoms with Crippen molar-refractivity contribution in [3.05, 3.63) is 35.9 Å². The Bertz CT molecular complexity index is 1400. The molecule has 1 aromatic carbocycles. The first kappa shape index (κ1) is 37.9. The van der Waals surface area contributed by atoms with E-state index in [1.165, 1.54) is 5.56 Å². The number of carbonyl (C=O) groups excluding carboxylic acids is 5. The van der Waals surface area contributed by atoms with Gasteiger partial charge in [0.15, 0.2) is 0 Å². The SMILES string of the molecule is C#CCCNC(=O)C(=O)C(CCC)NC(=O)[C@@H]1[C@@H]2C(CN1C(=O)[C@@H](NC(=O)NC1(CCc3ccccc3)CCCCC1)C(C)(C)C)C2(C)C. The standard InChI is InChI=1S/C39H57N5O5/c1-8-10-24-40-34(47)31(45)28(17-9-2)41-33(46)30-29-27(38(29,6)7)25-44(30)35(48)32(37(3,4)5)42-36(49)43-39(21-15-12-16-22-39)23-20-26-18-13-11-14-19-26/h1,11,13-14,18-19,27-30,32H,9-10,12,15-17,20-25H2,2-7H3,(H,40,47)(H,41,46)(H2,42,43,49)/t27?,28?,29-,30-,32+/m0/s1. The van der Waals surface area contributed by atoms with Gasteiger partial charge in [0, 0.05) is 25.0 Å². The van der Waals surface area contributed by atoms with Crippen molar-refractivity contribution in [3.8, 4) is 12.3 Å². The van der Waals surface area contributed by atoms with Crippen LogP contribution in [0.5, 0.6) is 0 Å². The summed E-state index contributed by atoms with van der Waals surface area (Å²) in [6.45, 7) is 12.3. The Morgan fingerprint density at radius 3 is 2.31 bits per heavy atom. The molecule has 4 N–H and O–H groups in total. The molecule has 1 saturated heterocycles. The summed E-state index contributed by atoms with van der Waals surface area (Å²) in [5.41, 5.74) is 0.0478. The summed E-state index contributed by atoms with van der Waals surface area (Å²) >= 11 is 0. The van der Waals surface area contributed by atoms with Gasteiger partial charge in [-0.2, -0.15) is 0 Å². The minimum Gasteiger partial charge on any atom is -0.348 e. The Morgan fingerprint density at radius 1 is 1.02 bits per heavy atom. The van der Waals surface area contributed by atoms with E-state index < -0.39 is 41.1 Å². The quantitative estimate of drug-likeness (QED) is 0.131. The zero-order valence-corrected chi connectivity index (χ0v) is 30.3. The summed E-state index contributed by atoms with van der Waals surface area (Å²) in [4.78, 5) is 69.5. The van der Waals surface area contributed by atoms with E-state index in [4.69, 9.17) is 6.42 Å². The van der Waals surface area contributed by atoms with Crippen LogP contribution in [0.3, 0.4) is 0 Å². The number of Topliss-reactive ketones (excluding diaryl/α,β-unsaturated/α-hetero) is 1. The van der Waals surface area contributed by atoms with Gasteiger partial charge in [-0.25, -0.2) is 4.79 Å². The Hall–Kier alpha value is -3.87. The number of hydrogen-bond donors (Lipinski definition) is 4. The number of carbonyl (C=O) groups is 5. The van der Waals surface area contributed by atoms with Crippen LogP contribution in [-0.2, 0) is 25.6 Å². The normalized spacial score (nSPS) is 23.2. The molecule has 1 heterocycles. The maximum atomic E-state index is 14.5. The van der Waals surface area contributed by atoms with Gasteiger partial charge in [0.25, 0.3) is 5.91 Å². The number of hydrogen-bond acceptors (Lipinski definition) is 5. The Labute approximate surface area is 292 Å². The van der Waals surface area contributed by atoms with Crippen molar-refractivity contribution >= 4 is 29.5 Å². The highest BCUT2D eigenvalue weighted by Gasteiger charge is 2.70. The van der Waals surface area contributed by atoms with E-state index in [1.54, 1.807) is 4.90 Å². The summed E-state index contributed by atoms with van der Waals surface area (Å²) in [5.74, 6) is 0.134. The average Bonchev–Trinajstić information content (AvgIpc) is 3.36. The third-order valence-corrected chi connectivity index (χ3v) is 11.1. The number of nitrogens with zero attached hydrogens (tertiary/aromatic N) is 1. The van der Waals surface area contributed by atoms with Crippen molar-refractivity contribution in [3.63, 3.8) is 0 Å². The van der Waals surface area contributed by atoms with E-state index >= 15 is 0 Å². The number of rotatable bonds is 14. The molecule has 0 radical (unpaired) electrons. The third-order valence-electron chi connectivity index (χ3n) is 11.1.